The number of carbonyl (C=O) groups excluding carboxylic acids is 1. The highest BCUT2D eigenvalue weighted by molar-refractivity contribution is 5.86. The Morgan fingerprint density at radius 1 is 1.03 bits per heavy atom. The molecule has 0 aliphatic carbocycles. The van der Waals surface area contributed by atoms with Crippen LogP contribution in [0.25, 0.3) is 10.9 Å². The van der Waals surface area contributed by atoms with Crippen LogP contribution in [0.4, 0.5) is 0 Å². The summed E-state index contributed by atoms with van der Waals surface area (Å²) in [6, 6.07) is 14.2. The van der Waals surface area contributed by atoms with Crippen LogP contribution in [0.1, 0.15) is 42.7 Å². The van der Waals surface area contributed by atoms with Crippen molar-refractivity contribution in [2.24, 2.45) is 0 Å². The van der Waals surface area contributed by atoms with E-state index < -0.39 is 0 Å². The summed E-state index contributed by atoms with van der Waals surface area (Å²) in [6.45, 7) is 1.73. The van der Waals surface area contributed by atoms with E-state index in [1.54, 1.807) is 14.2 Å². The highest BCUT2D eigenvalue weighted by Gasteiger charge is 2.26. The standard InChI is InChI=1S/C24H28N2O3/c1-28-22-11-10-17(14-23(22)29-2)19(15-24(27)26-12-6-3-7-13-26)20-16-25-21-9-5-4-8-18(20)21/h4-5,8-11,14,16,19,25H,3,6-7,12-13,15H2,1-2H3/t19-/m0/s1. The topological polar surface area (TPSA) is 54.6 Å². The summed E-state index contributed by atoms with van der Waals surface area (Å²) in [5.41, 5.74) is 3.27. The van der Waals surface area contributed by atoms with E-state index in [0.717, 1.165) is 48.0 Å². The number of nitrogens with zero attached hydrogens (tertiary/aromatic N) is 1. The van der Waals surface area contributed by atoms with Crippen molar-refractivity contribution in [3.05, 3.63) is 59.8 Å². The Bertz CT molecular complexity index is 989. The minimum absolute atomic E-state index is 0.0552. The number of benzene rings is 2. The first-order valence-corrected chi connectivity index (χ1v) is 10.3. The summed E-state index contributed by atoms with van der Waals surface area (Å²) in [5, 5.41) is 1.15. The summed E-state index contributed by atoms with van der Waals surface area (Å²) >= 11 is 0. The average Bonchev–Trinajstić information content (AvgIpc) is 3.21. The lowest BCUT2D eigenvalue weighted by molar-refractivity contribution is -0.132. The summed E-state index contributed by atoms with van der Waals surface area (Å²) in [6.07, 6.45) is 5.89. The average molecular weight is 392 g/mol. The Balaban J connectivity index is 1.73. The lowest BCUT2D eigenvalue weighted by atomic mass is 9.87. The number of fused-ring (bicyclic) bond motifs is 1. The van der Waals surface area contributed by atoms with Crippen LogP contribution < -0.4 is 9.47 Å². The molecule has 5 nitrogen and oxygen atoms in total. The minimum atomic E-state index is -0.0552. The monoisotopic (exact) mass is 392 g/mol. The Morgan fingerprint density at radius 3 is 2.55 bits per heavy atom. The first-order chi connectivity index (χ1) is 14.2. The second kappa shape index (κ2) is 8.60. The molecule has 1 saturated heterocycles. The van der Waals surface area contributed by atoms with Crippen LogP contribution >= 0.6 is 0 Å². The Labute approximate surface area is 171 Å². The summed E-state index contributed by atoms with van der Waals surface area (Å²) in [5.74, 6) is 1.53. The van der Waals surface area contributed by atoms with Gasteiger partial charge in [0.25, 0.3) is 0 Å². The fraction of sp³-hybridized carbons (Fsp3) is 0.375. The van der Waals surface area contributed by atoms with Crippen molar-refractivity contribution in [2.75, 3.05) is 27.3 Å². The van der Waals surface area contributed by atoms with Gasteiger partial charge in [-0.05, 0) is 48.6 Å². The van der Waals surface area contributed by atoms with Gasteiger partial charge >= 0.3 is 0 Å². The molecule has 3 aromatic rings. The summed E-state index contributed by atoms with van der Waals surface area (Å²) < 4.78 is 10.9. The van der Waals surface area contributed by atoms with Crippen LogP contribution in [0.5, 0.6) is 11.5 Å². The number of aromatic amines is 1. The number of likely N-dealkylation sites (tertiary alicyclic amines) is 1. The third-order valence-corrected chi connectivity index (χ3v) is 5.89. The maximum absolute atomic E-state index is 13.2. The van der Waals surface area contributed by atoms with E-state index in [-0.39, 0.29) is 11.8 Å². The van der Waals surface area contributed by atoms with Gasteiger partial charge in [0.2, 0.25) is 5.91 Å². The summed E-state index contributed by atoms with van der Waals surface area (Å²) in [4.78, 5) is 18.5. The van der Waals surface area contributed by atoms with Gasteiger partial charge in [0.05, 0.1) is 14.2 Å². The number of hydrogen-bond donors (Lipinski definition) is 1. The second-order valence-corrected chi connectivity index (χ2v) is 7.60. The highest BCUT2D eigenvalue weighted by Crippen LogP contribution is 2.38. The van der Waals surface area contributed by atoms with Crippen LogP contribution in [-0.2, 0) is 4.79 Å². The molecule has 0 bridgehead atoms. The zero-order valence-corrected chi connectivity index (χ0v) is 17.1. The molecular weight excluding hydrogens is 364 g/mol. The predicted octanol–water partition coefficient (Wildman–Crippen LogP) is 4.72. The zero-order valence-electron chi connectivity index (χ0n) is 17.1. The number of ether oxygens (including phenoxy) is 2. The van der Waals surface area contributed by atoms with Gasteiger partial charge in [-0.15, -0.1) is 0 Å². The third kappa shape index (κ3) is 3.95. The molecule has 2 aromatic carbocycles. The second-order valence-electron chi connectivity index (χ2n) is 7.60. The quantitative estimate of drug-likeness (QED) is 0.660. The molecule has 5 heteroatoms. The van der Waals surface area contributed by atoms with Gasteiger partial charge < -0.3 is 19.4 Å². The number of aromatic nitrogens is 1. The smallest absolute Gasteiger partial charge is 0.223 e. The minimum Gasteiger partial charge on any atom is -0.493 e. The van der Waals surface area contributed by atoms with Crippen LogP contribution in [0.2, 0.25) is 0 Å². The number of nitrogens with one attached hydrogen (secondary N) is 1. The molecule has 0 spiro atoms. The maximum Gasteiger partial charge on any atom is 0.223 e. The third-order valence-electron chi connectivity index (χ3n) is 5.89. The predicted molar refractivity (Wildman–Crippen MR) is 115 cm³/mol. The number of rotatable bonds is 6. The fourth-order valence-electron chi connectivity index (χ4n) is 4.31. The number of piperidine rings is 1. The van der Waals surface area contributed by atoms with E-state index in [1.807, 2.05) is 41.4 Å². The van der Waals surface area contributed by atoms with Crippen molar-refractivity contribution in [1.82, 2.24) is 9.88 Å². The summed E-state index contributed by atoms with van der Waals surface area (Å²) in [7, 11) is 3.27. The number of para-hydroxylation sites is 1. The van der Waals surface area contributed by atoms with Crippen molar-refractivity contribution >= 4 is 16.8 Å². The molecule has 1 atom stereocenters. The largest absolute Gasteiger partial charge is 0.493 e. The first kappa shape index (κ1) is 19.4. The molecule has 1 fully saturated rings. The molecule has 0 radical (unpaired) electrons. The molecular formula is C24H28N2O3. The van der Waals surface area contributed by atoms with Crippen LogP contribution in [0.3, 0.4) is 0 Å². The molecule has 0 saturated carbocycles. The SMILES string of the molecule is COc1ccc([C@H](CC(=O)N2CCCCC2)c2c[nH]c3ccccc23)cc1OC. The van der Waals surface area contributed by atoms with Gasteiger partial charge in [0, 0.05) is 42.5 Å². The molecule has 2 heterocycles. The molecule has 1 aromatic heterocycles. The number of carbonyl (C=O) groups is 1. The van der Waals surface area contributed by atoms with Crippen molar-refractivity contribution in [1.29, 1.82) is 0 Å². The Hall–Kier alpha value is -2.95. The van der Waals surface area contributed by atoms with E-state index in [2.05, 4.69) is 17.1 Å². The lowest BCUT2D eigenvalue weighted by Gasteiger charge is -2.29. The van der Waals surface area contributed by atoms with Gasteiger partial charge in [-0.2, -0.15) is 0 Å². The molecule has 29 heavy (non-hydrogen) atoms. The number of methoxy groups -OCH3 is 2. The van der Waals surface area contributed by atoms with Gasteiger partial charge in [-0.3, -0.25) is 4.79 Å². The Morgan fingerprint density at radius 2 is 1.79 bits per heavy atom. The molecule has 1 aliphatic heterocycles. The van der Waals surface area contributed by atoms with Crippen molar-refractivity contribution in [3.8, 4) is 11.5 Å². The van der Waals surface area contributed by atoms with E-state index >= 15 is 0 Å². The van der Waals surface area contributed by atoms with E-state index in [4.69, 9.17) is 9.47 Å². The lowest BCUT2D eigenvalue weighted by Crippen LogP contribution is -2.36. The van der Waals surface area contributed by atoms with Crippen molar-refractivity contribution in [3.63, 3.8) is 0 Å². The van der Waals surface area contributed by atoms with Crippen LogP contribution in [-0.4, -0.2) is 43.1 Å². The number of H-pyrrole nitrogens is 1. The Kier molecular flexibility index (Phi) is 5.74. The first-order valence-electron chi connectivity index (χ1n) is 10.3. The van der Waals surface area contributed by atoms with E-state index in [1.165, 1.54) is 6.42 Å². The molecule has 4 rings (SSSR count). The van der Waals surface area contributed by atoms with Gasteiger partial charge in [-0.25, -0.2) is 0 Å². The molecule has 1 N–H and O–H groups in total. The van der Waals surface area contributed by atoms with E-state index in [0.29, 0.717) is 17.9 Å². The normalized spacial score (nSPS) is 15.3. The van der Waals surface area contributed by atoms with E-state index in [9.17, 15) is 4.79 Å². The molecule has 1 aliphatic rings. The van der Waals surface area contributed by atoms with Crippen LogP contribution in [0.15, 0.2) is 48.7 Å². The van der Waals surface area contributed by atoms with Gasteiger partial charge in [0.1, 0.15) is 0 Å². The molecule has 152 valence electrons. The number of hydrogen-bond acceptors (Lipinski definition) is 3. The molecule has 0 unspecified atom stereocenters. The van der Waals surface area contributed by atoms with Crippen LogP contribution in [0, 0.1) is 0 Å². The fourth-order valence-corrected chi connectivity index (χ4v) is 4.31. The van der Waals surface area contributed by atoms with Crippen molar-refractivity contribution < 1.29 is 14.3 Å². The number of amides is 1. The van der Waals surface area contributed by atoms with Crippen molar-refractivity contribution in [2.45, 2.75) is 31.6 Å². The zero-order chi connectivity index (χ0) is 20.2. The maximum atomic E-state index is 13.2. The van der Waals surface area contributed by atoms with Gasteiger partial charge in [0.15, 0.2) is 11.5 Å². The van der Waals surface area contributed by atoms with Gasteiger partial charge in [-0.1, -0.05) is 24.3 Å². The molecule has 1 amide bonds. The highest BCUT2D eigenvalue weighted by atomic mass is 16.5.